The highest BCUT2D eigenvalue weighted by molar-refractivity contribution is 6.07. The van der Waals surface area contributed by atoms with Crippen LogP contribution in [0.25, 0.3) is 10.9 Å². The highest BCUT2D eigenvalue weighted by Gasteiger charge is 2.26. The third kappa shape index (κ3) is 4.50. The Hall–Kier alpha value is -2.88. The quantitative estimate of drug-likeness (QED) is 0.546. The molecular formula is C28H33N3O. The van der Waals surface area contributed by atoms with Gasteiger partial charge in [-0.05, 0) is 61.6 Å². The lowest BCUT2D eigenvalue weighted by molar-refractivity contribution is 0.0692. The van der Waals surface area contributed by atoms with Gasteiger partial charge in [-0.15, -0.1) is 0 Å². The molecule has 2 aromatic carbocycles. The number of anilines is 1. The summed E-state index contributed by atoms with van der Waals surface area (Å²) in [6.45, 7) is 6.02. The van der Waals surface area contributed by atoms with Crippen LogP contribution >= 0.6 is 0 Å². The number of piperidine rings is 2. The predicted octanol–water partition coefficient (Wildman–Crippen LogP) is 5.57. The molecule has 32 heavy (non-hydrogen) atoms. The zero-order valence-corrected chi connectivity index (χ0v) is 19.0. The Labute approximate surface area is 191 Å². The number of para-hydroxylation sites is 1. The average molecular weight is 428 g/mol. The summed E-state index contributed by atoms with van der Waals surface area (Å²) in [5.74, 6) is 2.44. The second kappa shape index (κ2) is 9.32. The molecule has 4 heteroatoms. The van der Waals surface area contributed by atoms with Crippen LogP contribution in [0, 0.1) is 11.8 Å². The molecule has 2 aliphatic rings. The third-order valence-electron chi connectivity index (χ3n) is 7.18. The summed E-state index contributed by atoms with van der Waals surface area (Å²) in [6.07, 6.45) is 5.71. The van der Waals surface area contributed by atoms with Gasteiger partial charge in [-0.25, -0.2) is 4.98 Å². The van der Waals surface area contributed by atoms with Crippen LogP contribution < -0.4 is 4.90 Å². The van der Waals surface area contributed by atoms with E-state index < -0.39 is 0 Å². The molecule has 1 aromatic heterocycles. The minimum Gasteiger partial charge on any atom is -0.356 e. The second-order valence-corrected chi connectivity index (χ2v) is 9.66. The van der Waals surface area contributed by atoms with Crippen LogP contribution in [0.2, 0.25) is 0 Å². The van der Waals surface area contributed by atoms with Crippen molar-refractivity contribution in [3.05, 3.63) is 71.8 Å². The molecule has 0 radical (unpaired) electrons. The van der Waals surface area contributed by atoms with E-state index in [-0.39, 0.29) is 5.91 Å². The van der Waals surface area contributed by atoms with Crippen LogP contribution in [0.3, 0.4) is 0 Å². The zero-order valence-electron chi connectivity index (χ0n) is 19.0. The van der Waals surface area contributed by atoms with Gasteiger partial charge in [0.15, 0.2) is 0 Å². The summed E-state index contributed by atoms with van der Waals surface area (Å²) in [5.41, 5.74) is 3.13. The summed E-state index contributed by atoms with van der Waals surface area (Å²) >= 11 is 0. The molecule has 1 amide bonds. The number of hydrogen-bond acceptors (Lipinski definition) is 3. The van der Waals surface area contributed by atoms with Crippen molar-refractivity contribution < 1.29 is 4.79 Å². The fourth-order valence-electron chi connectivity index (χ4n) is 5.36. The second-order valence-electron chi connectivity index (χ2n) is 9.66. The van der Waals surface area contributed by atoms with E-state index in [1.807, 2.05) is 24.3 Å². The van der Waals surface area contributed by atoms with E-state index in [1.165, 1.54) is 18.4 Å². The van der Waals surface area contributed by atoms with Gasteiger partial charge in [0.25, 0.3) is 5.91 Å². The maximum absolute atomic E-state index is 13.7. The van der Waals surface area contributed by atoms with Gasteiger partial charge in [-0.2, -0.15) is 0 Å². The summed E-state index contributed by atoms with van der Waals surface area (Å²) in [6, 6.07) is 20.9. The van der Waals surface area contributed by atoms with E-state index >= 15 is 0 Å². The predicted molar refractivity (Wildman–Crippen MR) is 131 cm³/mol. The number of amides is 1. The lowest BCUT2D eigenvalue weighted by Crippen LogP contribution is -2.39. The lowest BCUT2D eigenvalue weighted by Gasteiger charge is -2.34. The maximum Gasteiger partial charge on any atom is 0.254 e. The van der Waals surface area contributed by atoms with Crippen LogP contribution in [0.1, 0.15) is 48.5 Å². The number of carbonyl (C=O) groups is 1. The molecule has 0 aliphatic carbocycles. The Morgan fingerprint density at radius 3 is 2.50 bits per heavy atom. The van der Waals surface area contributed by atoms with Gasteiger partial charge in [0, 0.05) is 31.6 Å². The van der Waals surface area contributed by atoms with Crippen LogP contribution in [0.15, 0.2) is 60.7 Å². The molecule has 1 unspecified atom stereocenters. The van der Waals surface area contributed by atoms with Crippen LogP contribution in [-0.4, -0.2) is 42.0 Å². The van der Waals surface area contributed by atoms with Gasteiger partial charge >= 0.3 is 0 Å². The molecule has 0 spiro atoms. The van der Waals surface area contributed by atoms with E-state index in [4.69, 9.17) is 4.98 Å². The number of nitrogens with zero attached hydrogens (tertiary/aromatic N) is 3. The molecule has 2 aliphatic heterocycles. The van der Waals surface area contributed by atoms with Gasteiger partial charge in [-0.3, -0.25) is 4.79 Å². The van der Waals surface area contributed by atoms with Crippen LogP contribution in [-0.2, 0) is 6.42 Å². The molecule has 2 fully saturated rings. The van der Waals surface area contributed by atoms with Crippen LogP contribution in [0.5, 0.6) is 0 Å². The number of benzene rings is 2. The molecule has 3 aromatic rings. The molecule has 4 nitrogen and oxygen atoms in total. The first kappa shape index (κ1) is 21.0. The zero-order chi connectivity index (χ0) is 21.9. The number of rotatable bonds is 4. The fourth-order valence-corrected chi connectivity index (χ4v) is 5.36. The number of pyridine rings is 1. The van der Waals surface area contributed by atoms with Crippen molar-refractivity contribution in [1.82, 2.24) is 9.88 Å². The smallest absolute Gasteiger partial charge is 0.254 e. The summed E-state index contributed by atoms with van der Waals surface area (Å²) in [5, 5.41) is 0.970. The molecule has 1 atom stereocenters. The van der Waals surface area contributed by atoms with Gasteiger partial charge in [0.05, 0.1) is 11.1 Å². The largest absolute Gasteiger partial charge is 0.356 e. The van der Waals surface area contributed by atoms with Crippen molar-refractivity contribution >= 4 is 22.6 Å². The Balaban J connectivity index is 1.35. The number of fused-ring (bicyclic) bond motifs is 1. The van der Waals surface area contributed by atoms with Crippen molar-refractivity contribution in [2.75, 3.05) is 31.1 Å². The van der Waals surface area contributed by atoms with Crippen LogP contribution in [0.4, 0.5) is 5.82 Å². The maximum atomic E-state index is 13.7. The molecule has 5 rings (SSSR count). The Kier molecular flexibility index (Phi) is 6.11. The van der Waals surface area contributed by atoms with E-state index in [0.717, 1.165) is 67.7 Å². The molecule has 166 valence electrons. The highest BCUT2D eigenvalue weighted by Crippen LogP contribution is 2.29. The van der Waals surface area contributed by atoms with Gasteiger partial charge in [0.2, 0.25) is 0 Å². The molecular weight excluding hydrogens is 394 g/mol. The van der Waals surface area contributed by atoms with Gasteiger partial charge in [-0.1, -0.05) is 55.5 Å². The summed E-state index contributed by atoms with van der Waals surface area (Å²) < 4.78 is 0. The van der Waals surface area contributed by atoms with Crippen molar-refractivity contribution in [1.29, 1.82) is 0 Å². The third-order valence-corrected chi connectivity index (χ3v) is 7.18. The topological polar surface area (TPSA) is 36.4 Å². The van der Waals surface area contributed by atoms with E-state index in [0.29, 0.717) is 11.8 Å². The first-order valence-electron chi connectivity index (χ1n) is 12.2. The number of carbonyl (C=O) groups excluding carboxylic acids is 1. The number of likely N-dealkylation sites (tertiary alicyclic amines) is 1. The van der Waals surface area contributed by atoms with E-state index in [9.17, 15) is 4.79 Å². The minimum atomic E-state index is 0.160. The Morgan fingerprint density at radius 2 is 1.72 bits per heavy atom. The highest BCUT2D eigenvalue weighted by atomic mass is 16.2. The minimum absolute atomic E-state index is 0.160. The average Bonchev–Trinajstić information content (AvgIpc) is 2.84. The molecule has 3 heterocycles. The molecule has 0 bridgehead atoms. The Morgan fingerprint density at radius 1 is 0.969 bits per heavy atom. The molecule has 0 saturated carbocycles. The van der Waals surface area contributed by atoms with Gasteiger partial charge in [0.1, 0.15) is 5.82 Å². The van der Waals surface area contributed by atoms with Crippen molar-refractivity contribution in [2.45, 2.75) is 39.0 Å². The normalized spacial score (nSPS) is 20.0. The summed E-state index contributed by atoms with van der Waals surface area (Å²) in [7, 11) is 0. The van der Waals surface area contributed by atoms with E-state index in [2.05, 4.69) is 53.1 Å². The fraction of sp³-hybridized carbons (Fsp3) is 0.429. The first-order chi connectivity index (χ1) is 15.7. The lowest BCUT2D eigenvalue weighted by atomic mass is 9.90. The summed E-state index contributed by atoms with van der Waals surface area (Å²) in [4.78, 5) is 23.0. The molecule has 0 N–H and O–H groups in total. The van der Waals surface area contributed by atoms with E-state index in [1.54, 1.807) is 0 Å². The van der Waals surface area contributed by atoms with Crippen molar-refractivity contribution in [3.63, 3.8) is 0 Å². The Bertz CT molecular complexity index is 1070. The monoisotopic (exact) mass is 427 g/mol. The number of hydrogen-bond donors (Lipinski definition) is 0. The van der Waals surface area contributed by atoms with Crippen molar-refractivity contribution in [3.8, 4) is 0 Å². The van der Waals surface area contributed by atoms with Crippen molar-refractivity contribution in [2.24, 2.45) is 11.8 Å². The SMILES string of the molecule is CC1CCCN(c2cc(C(=O)N3CCC(Cc4ccccc4)CC3)c3ccccc3n2)C1. The number of aromatic nitrogens is 1. The van der Waals surface area contributed by atoms with Gasteiger partial charge < -0.3 is 9.80 Å². The standard InChI is InChI=1S/C28H33N3O/c1-21-8-7-15-31(20-21)27-19-25(24-11-5-6-12-26(24)29-27)28(32)30-16-13-23(14-17-30)18-22-9-3-2-4-10-22/h2-6,9-12,19,21,23H,7-8,13-18,20H2,1H3. The first-order valence-corrected chi connectivity index (χ1v) is 12.2. The molecule has 2 saturated heterocycles.